The SMILES string of the molecule is O=C(O)[C@H]1CC[C@H](OC2CCNCC2)CC1. The third kappa shape index (κ3) is 3.19. The number of nitrogens with one attached hydrogen (secondary N) is 1. The van der Waals surface area contributed by atoms with Gasteiger partial charge in [0.2, 0.25) is 0 Å². The van der Waals surface area contributed by atoms with Crippen LogP contribution in [0.5, 0.6) is 0 Å². The van der Waals surface area contributed by atoms with Crippen LogP contribution in [0.4, 0.5) is 0 Å². The van der Waals surface area contributed by atoms with Crippen molar-refractivity contribution < 1.29 is 14.6 Å². The maximum absolute atomic E-state index is 10.8. The lowest BCUT2D eigenvalue weighted by atomic mass is 9.87. The first-order chi connectivity index (χ1) is 7.75. The summed E-state index contributed by atoms with van der Waals surface area (Å²) in [5, 5.41) is 12.2. The van der Waals surface area contributed by atoms with Crippen molar-refractivity contribution in [2.24, 2.45) is 5.92 Å². The molecule has 0 aromatic carbocycles. The fraction of sp³-hybridized carbons (Fsp3) is 0.917. The number of aliphatic carboxylic acids is 1. The number of carboxylic acid groups (broad SMARTS) is 1. The van der Waals surface area contributed by atoms with Gasteiger partial charge in [0.05, 0.1) is 18.1 Å². The molecule has 1 aliphatic carbocycles. The van der Waals surface area contributed by atoms with Crippen LogP contribution in [0.1, 0.15) is 38.5 Å². The van der Waals surface area contributed by atoms with Crippen LogP contribution in [0.2, 0.25) is 0 Å². The molecule has 1 saturated heterocycles. The Hall–Kier alpha value is -0.610. The van der Waals surface area contributed by atoms with E-state index in [1.54, 1.807) is 0 Å². The molecule has 0 aromatic rings. The van der Waals surface area contributed by atoms with Crippen LogP contribution in [0, 0.1) is 5.92 Å². The second kappa shape index (κ2) is 5.64. The summed E-state index contributed by atoms with van der Waals surface area (Å²) in [6, 6.07) is 0. The van der Waals surface area contributed by atoms with Gasteiger partial charge >= 0.3 is 5.97 Å². The highest BCUT2D eigenvalue weighted by molar-refractivity contribution is 5.70. The molecule has 0 atom stereocenters. The summed E-state index contributed by atoms with van der Waals surface area (Å²) in [4.78, 5) is 10.8. The maximum Gasteiger partial charge on any atom is 0.306 e. The number of ether oxygens (including phenoxy) is 1. The van der Waals surface area contributed by atoms with Crippen LogP contribution in [-0.2, 0) is 9.53 Å². The molecule has 0 bridgehead atoms. The highest BCUT2D eigenvalue weighted by Gasteiger charge is 2.28. The minimum atomic E-state index is -0.639. The number of carbonyl (C=O) groups is 1. The summed E-state index contributed by atoms with van der Waals surface area (Å²) < 4.78 is 6.03. The van der Waals surface area contributed by atoms with Crippen molar-refractivity contribution in [1.29, 1.82) is 0 Å². The van der Waals surface area contributed by atoms with E-state index < -0.39 is 5.97 Å². The molecule has 1 heterocycles. The van der Waals surface area contributed by atoms with Gasteiger partial charge in [-0.15, -0.1) is 0 Å². The molecule has 4 nitrogen and oxygen atoms in total. The Morgan fingerprint density at radius 2 is 1.56 bits per heavy atom. The summed E-state index contributed by atoms with van der Waals surface area (Å²) in [6.07, 6.45) is 6.29. The van der Waals surface area contributed by atoms with E-state index in [9.17, 15) is 4.79 Å². The van der Waals surface area contributed by atoms with E-state index in [1.807, 2.05) is 0 Å². The average Bonchev–Trinajstić information content (AvgIpc) is 2.31. The van der Waals surface area contributed by atoms with Gasteiger partial charge in [-0.1, -0.05) is 0 Å². The minimum Gasteiger partial charge on any atom is -0.481 e. The van der Waals surface area contributed by atoms with Gasteiger partial charge in [0.25, 0.3) is 0 Å². The van der Waals surface area contributed by atoms with Crippen LogP contribution in [0.25, 0.3) is 0 Å². The van der Waals surface area contributed by atoms with Crippen molar-refractivity contribution >= 4 is 5.97 Å². The lowest BCUT2D eigenvalue weighted by molar-refractivity contribution is -0.144. The van der Waals surface area contributed by atoms with E-state index in [0.717, 1.165) is 51.6 Å². The van der Waals surface area contributed by atoms with Crippen LogP contribution < -0.4 is 5.32 Å². The smallest absolute Gasteiger partial charge is 0.306 e. The predicted octanol–water partition coefficient (Wildman–Crippen LogP) is 1.40. The van der Waals surface area contributed by atoms with E-state index in [2.05, 4.69) is 5.32 Å². The molecule has 2 fully saturated rings. The van der Waals surface area contributed by atoms with Crippen LogP contribution in [0.3, 0.4) is 0 Å². The van der Waals surface area contributed by atoms with Gasteiger partial charge in [-0.05, 0) is 51.6 Å². The molecule has 2 aliphatic rings. The first kappa shape index (κ1) is 11.9. The molecule has 2 N–H and O–H groups in total. The van der Waals surface area contributed by atoms with Gasteiger partial charge in [0.1, 0.15) is 0 Å². The average molecular weight is 227 g/mol. The maximum atomic E-state index is 10.8. The molecule has 0 radical (unpaired) electrons. The molecule has 16 heavy (non-hydrogen) atoms. The van der Waals surface area contributed by atoms with Crippen molar-refractivity contribution in [2.75, 3.05) is 13.1 Å². The quantitative estimate of drug-likeness (QED) is 0.765. The van der Waals surface area contributed by atoms with Gasteiger partial charge in [0, 0.05) is 0 Å². The highest BCUT2D eigenvalue weighted by atomic mass is 16.5. The van der Waals surface area contributed by atoms with E-state index in [0.29, 0.717) is 12.2 Å². The molecular weight excluding hydrogens is 206 g/mol. The summed E-state index contributed by atoms with van der Waals surface area (Å²) in [5.41, 5.74) is 0. The topological polar surface area (TPSA) is 58.6 Å². The number of hydrogen-bond acceptors (Lipinski definition) is 3. The highest BCUT2D eigenvalue weighted by Crippen LogP contribution is 2.28. The molecule has 0 unspecified atom stereocenters. The molecule has 0 amide bonds. The van der Waals surface area contributed by atoms with Crippen LogP contribution in [0.15, 0.2) is 0 Å². The van der Waals surface area contributed by atoms with E-state index >= 15 is 0 Å². The summed E-state index contributed by atoms with van der Waals surface area (Å²) >= 11 is 0. The molecule has 0 aromatic heterocycles. The van der Waals surface area contributed by atoms with Crippen molar-refractivity contribution in [3.63, 3.8) is 0 Å². The standard InChI is InChI=1S/C12H21NO3/c14-12(15)9-1-3-10(4-2-9)16-11-5-7-13-8-6-11/h9-11,13H,1-8H2,(H,14,15)/t9-,10-. The zero-order valence-corrected chi connectivity index (χ0v) is 9.65. The number of carboxylic acids is 1. The van der Waals surface area contributed by atoms with E-state index in [4.69, 9.17) is 9.84 Å². The second-order valence-electron chi connectivity index (χ2n) is 4.90. The Kier molecular flexibility index (Phi) is 4.18. The second-order valence-corrected chi connectivity index (χ2v) is 4.90. The molecule has 2 rings (SSSR count). The molecule has 0 spiro atoms. The Balaban J connectivity index is 1.70. The third-order valence-electron chi connectivity index (χ3n) is 3.69. The molecule has 1 saturated carbocycles. The molecule has 4 heteroatoms. The minimum absolute atomic E-state index is 0.132. The fourth-order valence-corrected chi connectivity index (χ4v) is 2.65. The molecule has 92 valence electrons. The first-order valence-corrected chi connectivity index (χ1v) is 6.34. The summed E-state index contributed by atoms with van der Waals surface area (Å²) in [6.45, 7) is 2.10. The first-order valence-electron chi connectivity index (χ1n) is 6.34. The third-order valence-corrected chi connectivity index (χ3v) is 3.69. The Morgan fingerprint density at radius 3 is 2.12 bits per heavy atom. The lowest BCUT2D eigenvalue weighted by Crippen LogP contribution is -2.36. The zero-order chi connectivity index (χ0) is 11.4. The van der Waals surface area contributed by atoms with Gasteiger partial charge in [0.15, 0.2) is 0 Å². The zero-order valence-electron chi connectivity index (χ0n) is 9.65. The van der Waals surface area contributed by atoms with Gasteiger partial charge in [-0.2, -0.15) is 0 Å². The normalized spacial score (nSPS) is 32.5. The fourth-order valence-electron chi connectivity index (χ4n) is 2.65. The monoisotopic (exact) mass is 227 g/mol. The van der Waals surface area contributed by atoms with Gasteiger partial charge in [-0.25, -0.2) is 0 Å². The van der Waals surface area contributed by atoms with Gasteiger partial charge < -0.3 is 15.2 Å². The van der Waals surface area contributed by atoms with Crippen LogP contribution >= 0.6 is 0 Å². The van der Waals surface area contributed by atoms with E-state index in [-0.39, 0.29) is 5.92 Å². The molecular formula is C12H21NO3. The molecule has 1 aliphatic heterocycles. The number of rotatable bonds is 3. The van der Waals surface area contributed by atoms with Crippen LogP contribution in [-0.4, -0.2) is 36.4 Å². The van der Waals surface area contributed by atoms with Crippen molar-refractivity contribution in [3.8, 4) is 0 Å². The summed E-state index contributed by atoms with van der Waals surface area (Å²) in [5.74, 6) is -0.770. The lowest BCUT2D eigenvalue weighted by Gasteiger charge is -2.31. The Labute approximate surface area is 96.4 Å². The van der Waals surface area contributed by atoms with Gasteiger partial charge in [-0.3, -0.25) is 4.79 Å². The predicted molar refractivity (Wildman–Crippen MR) is 60.4 cm³/mol. The number of piperidine rings is 1. The Bertz CT molecular complexity index is 230. The Morgan fingerprint density at radius 1 is 1.00 bits per heavy atom. The van der Waals surface area contributed by atoms with Crippen molar-refractivity contribution in [1.82, 2.24) is 5.32 Å². The summed E-state index contributed by atoms with van der Waals surface area (Å²) in [7, 11) is 0. The number of hydrogen-bond donors (Lipinski definition) is 2. The van der Waals surface area contributed by atoms with Crippen molar-refractivity contribution in [2.45, 2.75) is 50.7 Å². The van der Waals surface area contributed by atoms with E-state index in [1.165, 1.54) is 0 Å². The van der Waals surface area contributed by atoms with Crippen molar-refractivity contribution in [3.05, 3.63) is 0 Å². The largest absolute Gasteiger partial charge is 0.481 e.